The lowest BCUT2D eigenvalue weighted by Crippen LogP contribution is -2.38. The summed E-state index contributed by atoms with van der Waals surface area (Å²) in [5.41, 5.74) is 6.83. The third-order valence-corrected chi connectivity index (χ3v) is 4.35. The van der Waals surface area contributed by atoms with Gasteiger partial charge in [0, 0.05) is 25.3 Å². The zero-order valence-corrected chi connectivity index (χ0v) is 10.4. The summed E-state index contributed by atoms with van der Waals surface area (Å²) in [6, 6.07) is 6.24. The van der Waals surface area contributed by atoms with Crippen LogP contribution in [0.25, 0.3) is 0 Å². The van der Waals surface area contributed by atoms with Crippen LogP contribution in [-0.2, 0) is 0 Å². The molecule has 1 aliphatic carbocycles. The van der Waals surface area contributed by atoms with E-state index >= 15 is 0 Å². The first-order valence-electron chi connectivity index (χ1n) is 6.64. The summed E-state index contributed by atoms with van der Waals surface area (Å²) < 4.78 is 0. The van der Waals surface area contributed by atoms with Gasteiger partial charge in [-0.2, -0.15) is 5.26 Å². The third-order valence-electron chi connectivity index (χ3n) is 4.35. The number of nitrogens with zero attached hydrogens (tertiary/aromatic N) is 3. The number of aromatic nitrogens is 1. The van der Waals surface area contributed by atoms with Crippen molar-refractivity contribution >= 4 is 5.82 Å². The highest BCUT2D eigenvalue weighted by Crippen LogP contribution is 2.36. The van der Waals surface area contributed by atoms with Crippen LogP contribution in [0.1, 0.15) is 24.8 Å². The molecule has 2 N–H and O–H groups in total. The maximum absolute atomic E-state index is 8.78. The first-order chi connectivity index (χ1) is 8.78. The molecule has 0 bridgehead atoms. The van der Waals surface area contributed by atoms with Crippen molar-refractivity contribution in [3.63, 3.8) is 0 Å². The van der Waals surface area contributed by atoms with Crippen molar-refractivity contribution in [3.05, 3.63) is 23.9 Å². The fourth-order valence-electron chi connectivity index (χ4n) is 3.34. The molecular formula is C14H18N4. The number of hydrogen-bond donors (Lipinski definition) is 1. The van der Waals surface area contributed by atoms with E-state index in [4.69, 9.17) is 11.0 Å². The second-order valence-corrected chi connectivity index (χ2v) is 5.44. The number of nitriles is 1. The van der Waals surface area contributed by atoms with Gasteiger partial charge in [0.05, 0.1) is 5.56 Å². The van der Waals surface area contributed by atoms with Crippen LogP contribution >= 0.6 is 0 Å². The largest absolute Gasteiger partial charge is 0.356 e. The SMILES string of the molecule is N#Cc1ccc(N2CC3CCCC(N)C3C2)nc1. The van der Waals surface area contributed by atoms with E-state index in [9.17, 15) is 0 Å². The van der Waals surface area contributed by atoms with E-state index in [-0.39, 0.29) is 0 Å². The Labute approximate surface area is 107 Å². The van der Waals surface area contributed by atoms with Crippen LogP contribution in [0.5, 0.6) is 0 Å². The normalized spacial score (nSPS) is 30.9. The molecule has 1 saturated heterocycles. The summed E-state index contributed by atoms with van der Waals surface area (Å²) in [5.74, 6) is 2.33. The molecule has 4 nitrogen and oxygen atoms in total. The van der Waals surface area contributed by atoms with Gasteiger partial charge in [0.1, 0.15) is 11.9 Å². The Balaban J connectivity index is 1.76. The molecule has 2 fully saturated rings. The second kappa shape index (κ2) is 4.58. The molecule has 3 rings (SSSR count). The average molecular weight is 242 g/mol. The molecule has 1 aliphatic heterocycles. The van der Waals surface area contributed by atoms with Crippen LogP contribution in [-0.4, -0.2) is 24.1 Å². The van der Waals surface area contributed by atoms with Crippen molar-refractivity contribution in [1.29, 1.82) is 5.26 Å². The van der Waals surface area contributed by atoms with E-state index in [1.165, 1.54) is 12.8 Å². The molecule has 3 atom stereocenters. The molecule has 0 spiro atoms. The van der Waals surface area contributed by atoms with E-state index in [0.29, 0.717) is 17.5 Å². The molecule has 4 heteroatoms. The molecule has 1 aromatic heterocycles. The highest BCUT2D eigenvalue weighted by Gasteiger charge is 2.38. The summed E-state index contributed by atoms with van der Waals surface area (Å²) in [7, 11) is 0. The highest BCUT2D eigenvalue weighted by atomic mass is 15.2. The molecule has 3 unspecified atom stereocenters. The van der Waals surface area contributed by atoms with Crippen LogP contribution in [0.15, 0.2) is 18.3 Å². The summed E-state index contributed by atoms with van der Waals surface area (Å²) in [5, 5.41) is 8.78. The monoisotopic (exact) mass is 242 g/mol. The van der Waals surface area contributed by atoms with Gasteiger partial charge >= 0.3 is 0 Å². The fraction of sp³-hybridized carbons (Fsp3) is 0.571. The number of pyridine rings is 1. The van der Waals surface area contributed by atoms with E-state index in [1.54, 1.807) is 6.20 Å². The van der Waals surface area contributed by atoms with Gasteiger partial charge in [0.15, 0.2) is 0 Å². The van der Waals surface area contributed by atoms with Gasteiger partial charge in [-0.25, -0.2) is 4.98 Å². The van der Waals surface area contributed by atoms with E-state index in [2.05, 4.69) is 16.0 Å². The van der Waals surface area contributed by atoms with Crippen LogP contribution in [0.4, 0.5) is 5.82 Å². The summed E-state index contributed by atoms with van der Waals surface area (Å²) in [4.78, 5) is 6.70. The van der Waals surface area contributed by atoms with Crippen molar-refractivity contribution in [2.24, 2.45) is 17.6 Å². The van der Waals surface area contributed by atoms with E-state index in [1.807, 2.05) is 12.1 Å². The lowest BCUT2D eigenvalue weighted by molar-refractivity contribution is 0.260. The van der Waals surface area contributed by atoms with Gasteiger partial charge in [0.2, 0.25) is 0 Å². The molecular weight excluding hydrogens is 224 g/mol. The Kier molecular flexibility index (Phi) is 2.92. The number of fused-ring (bicyclic) bond motifs is 1. The molecule has 1 aromatic rings. The van der Waals surface area contributed by atoms with Gasteiger partial charge in [-0.1, -0.05) is 6.42 Å². The predicted octanol–water partition coefficient (Wildman–Crippen LogP) is 1.52. The fourth-order valence-corrected chi connectivity index (χ4v) is 3.34. The number of rotatable bonds is 1. The minimum absolute atomic E-state index is 0.354. The average Bonchev–Trinajstić information content (AvgIpc) is 2.84. The highest BCUT2D eigenvalue weighted by molar-refractivity contribution is 5.43. The number of hydrogen-bond acceptors (Lipinski definition) is 4. The molecule has 18 heavy (non-hydrogen) atoms. The number of nitrogens with two attached hydrogens (primary N) is 1. The van der Waals surface area contributed by atoms with Crippen LogP contribution in [0.3, 0.4) is 0 Å². The van der Waals surface area contributed by atoms with Crippen molar-refractivity contribution < 1.29 is 0 Å². The maximum atomic E-state index is 8.78. The predicted molar refractivity (Wildman–Crippen MR) is 70.0 cm³/mol. The van der Waals surface area contributed by atoms with Crippen LogP contribution in [0.2, 0.25) is 0 Å². The van der Waals surface area contributed by atoms with Gasteiger partial charge in [-0.05, 0) is 36.8 Å². The van der Waals surface area contributed by atoms with Gasteiger partial charge < -0.3 is 10.6 Å². The first kappa shape index (κ1) is 11.5. The lowest BCUT2D eigenvalue weighted by atomic mass is 9.78. The van der Waals surface area contributed by atoms with Crippen molar-refractivity contribution in [2.45, 2.75) is 25.3 Å². The first-order valence-corrected chi connectivity index (χ1v) is 6.64. The minimum atomic E-state index is 0.354. The Hall–Kier alpha value is -1.60. The molecule has 1 saturated carbocycles. The van der Waals surface area contributed by atoms with Crippen molar-refractivity contribution in [3.8, 4) is 6.07 Å². The Morgan fingerprint density at radius 1 is 1.33 bits per heavy atom. The maximum Gasteiger partial charge on any atom is 0.128 e. The quantitative estimate of drug-likeness (QED) is 0.810. The van der Waals surface area contributed by atoms with E-state index in [0.717, 1.165) is 31.2 Å². The summed E-state index contributed by atoms with van der Waals surface area (Å²) >= 11 is 0. The molecule has 0 aromatic carbocycles. The molecule has 94 valence electrons. The minimum Gasteiger partial charge on any atom is -0.356 e. The molecule has 0 amide bonds. The second-order valence-electron chi connectivity index (χ2n) is 5.44. The summed E-state index contributed by atoms with van der Waals surface area (Å²) in [6.45, 7) is 2.09. The summed E-state index contributed by atoms with van der Waals surface area (Å²) in [6.07, 6.45) is 5.37. The number of anilines is 1. The standard InChI is InChI=1S/C14H18N4/c15-6-10-4-5-14(17-7-10)18-8-11-2-1-3-13(16)12(11)9-18/h4-5,7,11-13H,1-3,8-9,16H2. The third kappa shape index (κ3) is 1.95. The molecule has 0 radical (unpaired) electrons. The van der Waals surface area contributed by atoms with Crippen molar-refractivity contribution in [2.75, 3.05) is 18.0 Å². The molecule has 2 aliphatic rings. The Morgan fingerprint density at radius 2 is 2.22 bits per heavy atom. The molecule has 2 heterocycles. The smallest absolute Gasteiger partial charge is 0.128 e. The Morgan fingerprint density at radius 3 is 2.89 bits per heavy atom. The van der Waals surface area contributed by atoms with E-state index < -0.39 is 0 Å². The van der Waals surface area contributed by atoms with Crippen LogP contribution < -0.4 is 10.6 Å². The van der Waals surface area contributed by atoms with Crippen LogP contribution in [0, 0.1) is 23.2 Å². The lowest BCUT2D eigenvalue weighted by Gasteiger charge is -2.29. The van der Waals surface area contributed by atoms with Gasteiger partial charge in [-0.15, -0.1) is 0 Å². The zero-order valence-electron chi connectivity index (χ0n) is 10.4. The topological polar surface area (TPSA) is 65.9 Å². The van der Waals surface area contributed by atoms with Gasteiger partial charge in [0.25, 0.3) is 0 Å². The van der Waals surface area contributed by atoms with Crippen molar-refractivity contribution in [1.82, 2.24) is 4.98 Å². The Bertz CT molecular complexity index is 462. The van der Waals surface area contributed by atoms with Gasteiger partial charge in [-0.3, -0.25) is 0 Å². The zero-order chi connectivity index (χ0) is 12.5.